The van der Waals surface area contributed by atoms with Gasteiger partial charge in [-0.3, -0.25) is 9.10 Å². The Hall–Kier alpha value is -3.52. The van der Waals surface area contributed by atoms with Crippen molar-refractivity contribution in [1.29, 1.82) is 0 Å². The molecule has 0 spiro atoms. The van der Waals surface area contributed by atoms with E-state index in [1.807, 2.05) is 56.3 Å². The number of sulfonamides is 1. The second-order valence-electron chi connectivity index (χ2n) is 8.14. The minimum atomic E-state index is -3.76. The number of benzene rings is 3. The molecule has 0 saturated carbocycles. The molecule has 4 rings (SSSR count). The molecule has 8 heteroatoms. The number of carbonyl (C=O) groups is 1. The standard InChI is InChI=1S/C27H30N2O5S/c1-3-33-25-13-12-20(18-26(25)34-4-2)14-16-28-27(30)22-9-7-10-23(19-22)35(31,32)29-17-15-21-8-5-6-11-24(21)29/h5-13,18-19H,3-4,14-17H2,1-2H3,(H,28,30). The lowest BCUT2D eigenvalue weighted by Crippen LogP contribution is -2.30. The minimum Gasteiger partial charge on any atom is -0.490 e. The van der Waals surface area contributed by atoms with Gasteiger partial charge >= 0.3 is 0 Å². The van der Waals surface area contributed by atoms with Crippen LogP contribution in [0, 0.1) is 0 Å². The first kappa shape index (κ1) is 24.6. The zero-order chi connectivity index (χ0) is 24.8. The fourth-order valence-corrected chi connectivity index (χ4v) is 5.71. The summed E-state index contributed by atoms with van der Waals surface area (Å²) in [7, 11) is -3.76. The van der Waals surface area contributed by atoms with Crippen LogP contribution in [0.5, 0.6) is 11.5 Å². The number of anilines is 1. The lowest BCUT2D eigenvalue weighted by atomic mass is 10.1. The average molecular weight is 495 g/mol. The molecule has 1 aliphatic rings. The number of para-hydroxylation sites is 1. The Morgan fingerprint density at radius 3 is 2.51 bits per heavy atom. The van der Waals surface area contributed by atoms with Gasteiger partial charge in [0, 0.05) is 18.7 Å². The van der Waals surface area contributed by atoms with Gasteiger partial charge in [0.2, 0.25) is 0 Å². The van der Waals surface area contributed by atoms with Crippen molar-refractivity contribution in [3.8, 4) is 11.5 Å². The van der Waals surface area contributed by atoms with Crippen LogP contribution in [-0.2, 0) is 22.9 Å². The maximum absolute atomic E-state index is 13.3. The van der Waals surface area contributed by atoms with E-state index >= 15 is 0 Å². The molecule has 0 bridgehead atoms. The third kappa shape index (κ3) is 5.43. The Morgan fingerprint density at radius 2 is 1.71 bits per heavy atom. The number of amides is 1. The molecule has 3 aromatic rings. The van der Waals surface area contributed by atoms with E-state index in [1.54, 1.807) is 12.1 Å². The lowest BCUT2D eigenvalue weighted by Gasteiger charge is -2.20. The Bertz CT molecular complexity index is 1310. The van der Waals surface area contributed by atoms with Crippen molar-refractivity contribution in [3.63, 3.8) is 0 Å². The van der Waals surface area contributed by atoms with Crippen molar-refractivity contribution < 1.29 is 22.7 Å². The molecule has 0 atom stereocenters. The second kappa shape index (κ2) is 10.8. The molecule has 3 aromatic carbocycles. The predicted molar refractivity (Wildman–Crippen MR) is 136 cm³/mol. The fraction of sp³-hybridized carbons (Fsp3) is 0.296. The normalized spacial score (nSPS) is 12.8. The van der Waals surface area contributed by atoms with Gasteiger partial charge in [-0.2, -0.15) is 0 Å². The quantitative estimate of drug-likeness (QED) is 0.457. The van der Waals surface area contributed by atoms with Gasteiger partial charge < -0.3 is 14.8 Å². The first-order valence-electron chi connectivity index (χ1n) is 11.8. The molecule has 0 saturated heterocycles. The monoisotopic (exact) mass is 494 g/mol. The predicted octanol–water partition coefficient (Wildman–Crippen LogP) is 4.21. The van der Waals surface area contributed by atoms with Crippen LogP contribution in [0.2, 0.25) is 0 Å². The largest absolute Gasteiger partial charge is 0.490 e. The van der Waals surface area contributed by atoms with Crippen LogP contribution in [0.4, 0.5) is 5.69 Å². The van der Waals surface area contributed by atoms with Crippen molar-refractivity contribution in [2.75, 3.05) is 30.6 Å². The third-order valence-electron chi connectivity index (χ3n) is 5.84. The van der Waals surface area contributed by atoms with E-state index in [9.17, 15) is 13.2 Å². The molecule has 0 aromatic heterocycles. The molecule has 1 heterocycles. The molecular formula is C27H30N2O5S. The number of ether oxygens (including phenoxy) is 2. The van der Waals surface area contributed by atoms with Gasteiger partial charge in [0.1, 0.15) is 0 Å². The summed E-state index contributed by atoms with van der Waals surface area (Å²) in [6.45, 7) is 5.71. The number of rotatable bonds is 10. The maximum Gasteiger partial charge on any atom is 0.264 e. The maximum atomic E-state index is 13.3. The van der Waals surface area contributed by atoms with Crippen molar-refractivity contribution in [1.82, 2.24) is 5.32 Å². The molecule has 184 valence electrons. The number of nitrogens with one attached hydrogen (secondary N) is 1. The van der Waals surface area contributed by atoms with E-state index in [0.29, 0.717) is 61.9 Å². The van der Waals surface area contributed by atoms with Gasteiger partial charge in [-0.1, -0.05) is 30.3 Å². The fourth-order valence-electron chi connectivity index (χ4n) is 4.16. The molecule has 1 amide bonds. The average Bonchev–Trinajstić information content (AvgIpc) is 3.31. The summed E-state index contributed by atoms with van der Waals surface area (Å²) in [6, 6.07) is 19.4. The molecule has 0 unspecified atom stereocenters. The molecule has 7 nitrogen and oxygen atoms in total. The Morgan fingerprint density at radius 1 is 0.943 bits per heavy atom. The summed E-state index contributed by atoms with van der Waals surface area (Å²) in [5.74, 6) is 1.06. The summed E-state index contributed by atoms with van der Waals surface area (Å²) in [5.41, 5.74) is 3.01. The Labute approximate surface area is 206 Å². The summed E-state index contributed by atoms with van der Waals surface area (Å²) in [6.07, 6.45) is 1.27. The van der Waals surface area contributed by atoms with E-state index in [4.69, 9.17) is 9.47 Å². The molecular weight excluding hydrogens is 464 g/mol. The number of fused-ring (bicyclic) bond motifs is 1. The van der Waals surface area contributed by atoms with Crippen LogP contribution >= 0.6 is 0 Å². The van der Waals surface area contributed by atoms with Crippen LogP contribution in [-0.4, -0.2) is 40.6 Å². The molecule has 0 radical (unpaired) electrons. The Kier molecular flexibility index (Phi) is 7.60. The Balaban J connectivity index is 1.42. The van der Waals surface area contributed by atoms with E-state index in [-0.39, 0.29) is 10.8 Å². The summed E-state index contributed by atoms with van der Waals surface area (Å²) >= 11 is 0. The highest BCUT2D eigenvalue weighted by molar-refractivity contribution is 7.92. The van der Waals surface area contributed by atoms with Crippen molar-refractivity contribution in [3.05, 3.63) is 83.4 Å². The number of hydrogen-bond donors (Lipinski definition) is 1. The summed E-state index contributed by atoms with van der Waals surface area (Å²) in [5, 5.41) is 2.88. The van der Waals surface area contributed by atoms with Gasteiger partial charge in [0.05, 0.1) is 23.8 Å². The van der Waals surface area contributed by atoms with Crippen molar-refractivity contribution in [2.45, 2.75) is 31.6 Å². The van der Waals surface area contributed by atoms with E-state index in [0.717, 1.165) is 11.1 Å². The zero-order valence-electron chi connectivity index (χ0n) is 20.0. The van der Waals surface area contributed by atoms with Crippen LogP contribution in [0.25, 0.3) is 0 Å². The van der Waals surface area contributed by atoms with Gasteiger partial charge in [0.15, 0.2) is 11.5 Å². The first-order valence-corrected chi connectivity index (χ1v) is 13.3. The molecule has 0 aliphatic carbocycles. The minimum absolute atomic E-state index is 0.106. The topological polar surface area (TPSA) is 84.9 Å². The van der Waals surface area contributed by atoms with Gasteiger partial charge in [-0.25, -0.2) is 8.42 Å². The summed E-state index contributed by atoms with van der Waals surface area (Å²) < 4.78 is 39.3. The van der Waals surface area contributed by atoms with Crippen LogP contribution in [0.15, 0.2) is 71.6 Å². The molecule has 1 N–H and O–H groups in total. The van der Waals surface area contributed by atoms with Gasteiger partial charge in [0.25, 0.3) is 15.9 Å². The number of hydrogen-bond acceptors (Lipinski definition) is 5. The molecule has 1 aliphatic heterocycles. The van der Waals surface area contributed by atoms with Crippen LogP contribution < -0.4 is 19.1 Å². The smallest absolute Gasteiger partial charge is 0.264 e. The van der Waals surface area contributed by atoms with Gasteiger partial charge in [-0.15, -0.1) is 0 Å². The van der Waals surface area contributed by atoms with Crippen LogP contribution in [0.3, 0.4) is 0 Å². The lowest BCUT2D eigenvalue weighted by molar-refractivity contribution is 0.0954. The second-order valence-corrected chi connectivity index (χ2v) is 10.00. The zero-order valence-corrected chi connectivity index (χ0v) is 20.8. The summed E-state index contributed by atoms with van der Waals surface area (Å²) in [4.78, 5) is 12.9. The van der Waals surface area contributed by atoms with E-state index in [1.165, 1.54) is 16.4 Å². The highest BCUT2D eigenvalue weighted by atomic mass is 32.2. The SMILES string of the molecule is CCOc1ccc(CCNC(=O)c2cccc(S(=O)(=O)N3CCc4ccccc43)c2)cc1OCC. The highest BCUT2D eigenvalue weighted by Crippen LogP contribution is 2.33. The van der Waals surface area contributed by atoms with E-state index < -0.39 is 10.0 Å². The van der Waals surface area contributed by atoms with E-state index in [2.05, 4.69) is 5.32 Å². The van der Waals surface area contributed by atoms with Gasteiger partial charge in [-0.05, 0) is 74.2 Å². The number of carbonyl (C=O) groups excluding carboxylic acids is 1. The molecule has 0 fully saturated rings. The number of nitrogens with zero attached hydrogens (tertiary/aromatic N) is 1. The van der Waals surface area contributed by atoms with Crippen molar-refractivity contribution in [2.24, 2.45) is 0 Å². The molecule has 35 heavy (non-hydrogen) atoms. The van der Waals surface area contributed by atoms with Crippen LogP contribution in [0.1, 0.15) is 35.3 Å². The third-order valence-corrected chi connectivity index (χ3v) is 7.64. The highest BCUT2D eigenvalue weighted by Gasteiger charge is 2.30. The van der Waals surface area contributed by atoms with Crippen molar-refractivity contribution >= 4 is 21.6 Å². The first-order chi connectivity index (χ1) is 16.9.